The van der Waals surface area contributed by atoms with Crippen molar-refractivity contribution >= 4 is 12.0 Å². The van der Waals surface area contributed by atoms with Gasteiger partial charge in [-0.25, -0.2) is 0 Å². The Morgan fingerprint density at radius 2 is 2.17 bits per heavy atom. The van der Waals surface area contributed by atoms with E-state index in [1.54, 1.807) is 31.8 Å². The van der Waals surface area contributed by atoms with Crippen molar-refractivity contribution in [2.75, 3.05) is 27.2 Å². The Bertz CT molecular complexity index is 1190. The fourth-order valence-electron chi connectivity index (χ4n) is 7.61. The number of carbonyl (C=O) groups is 1. The lowest BCUT2D eigenvalue weighted by Gasteiger charge is -2.64. The maximum atomic E-state index is 13.7. The van der Waals surface area contributed by atoms with Crippen molar-refractivity contribution in [2.45, 2.75) is 68.7 Å². The Kier molecular flexibility index (Phi) is 5.50. The number of furan rings is 1. The summed E-state index contributed by atoms with van der Waals surface area (Å²) in [6, 6.07) is 5.84. The van der Waals surface area contributed by atoms with Gasteiger partial charge in [0.1, 0.15) is 6.10 Å². The molecule has 7 heteroatoms. The van der Waals surface area contributed by atoms with Crippen molar-refractivity contribution in [3.63, 3.8) is 0 Å². The molecule has 3 heterocycles. The summed E-state index contributed by atoms with van der Waals surface area (Å²) in [5.74, 6) is 1.72. The van der Waals surface area contributed by atoms with E-state index in [-0.39, 0.29) is 24.1 Å². The smallest absolute Gasteiger partial charge is 0.246 e. The van der Waals surface area contributed by atoms with Crippen LogP contribution in [0.4, 0.5) is 0 Å². The molecule has 36 heavy (non-hydrogen) atoms. The summed E-state index contributed by atoms with van der Waals surface area (Å²) in [5, 5.41) is 12.5. The first-order valence-corrected chi connectivity index (χ1v) is 13.1. The van der Waals surface area contributed by atoms with Crippen LogP contribution in [0.5, 0.6) is 11.5 Å². The summed E-state index contributed by atoms with van der Waals surface area (Å²) in [4.78, 5) is 18.0. The monoisotopic (exact) mass is 492 g/mol. The highest BCUT2D eigenvalue weighted by molar-refractivity contribution is 5.92. The number of ether oxygens (including phenoxy) is 2. The molecule has 0 radical (unpaired) electrons. The molecule has 2 aliphatic carbocycles. The highest BCUT2D eigenvalue weighted by Gasteiger charge is 2.73. The molecule has 2 aliphatic heterocycles. The summed E-state index contributed by atoms with van der Waals surface area (Å²) >= 11 is 0. The van der Waals surface area contributed by atoms with Gasteiger partial charge in [-0.05, 0) is 69.0 Å². The zero-order valence-electron chi connectivity index (χ0n) is 21.6. The average Bonchev–Trinajstić information content (AvgIpc) is 3.49. The number of methoxy groups -OCH3 is 1. The lowest BCUT2D eigenvalue weighted by Crippen LogP contribution is -2.78. The van der Waals surface area contributed by atoms with Crippen LogP contribution in [0.25, 0.3) is 6.08 Å². The van der Waals surface area contributed by atoms with Crippen LogP contribution in [0.3, 0.4) is 0 Å². The van der Waals surface area contributed by atoms with Gasteiger partial charge < -0.3 is 28.8 Å². The number of piperidine rings is 1. The maximum absolute atomic E-state index is 13.7. The fraction of sp³-hybridized carbons (Fsp3) is 0.552. The second-order valence-corrected chi connectivity index (χ2v) is 11.4. The van der Waals surface area contributed by atoms with E-state index in [4.69, 9.17) is 13.9 Å². The first-order valence-electron chi connectivity index (χ1n) is 13.1. The number of likely N-dealkylation sites (tertiary alicyclic amines) is 1. The molecule has 6 rings (SSSR count). The SMILES string of the molecule is COc1ccc2c3c1OC1C(N(CC(C)C)C(=O)/C=C/c4ccoc4)CC[C@@]4(O)[C@@H](C2)N(C)CC[C@]314. The highest BCUT2D eigenvalue weighted by Crippen LogP contribution is 2.65. The molecule has 1 N–H and O–H groups in total. The first kappa shape index (κ1) is 23.6. The molecule has 1 saturated carbocycles. The van der Waals surface area contributed by atoms with Gasteiger partial charge in [-0.1, -0.05) is 19.9 Å². The highest BCUT2D eigenvalue weighted by atomic mass is 16.5. The molecule has 1 amide bonds. The summed E-state index contributed by atoms with van der Waals surface area (Å²) < 4.78 is 17.7. The van der Waals surface area contributed by atoms with E-state index in [1.165, 1.54) is 5.56 Å². The molecule has 2 fully saturated rings. The van der Waals surface area contributed by atoms with Crippen LogP contribution in [0.2, 0.25) is 0 Å². The molecule has 4 aliphatic rings. The van der Waals surface area contributed by atoms with Gasteiger partial charge in [0.25, 0.3) is 0 Å². The largest absolute Gasteiger partial charge is 0.493 e. The van der Waals surface area contributed by atoms with Crippen molar-refractivity contribution < 1.29 is 23.8 Å². The number of hydrogen-bond donors (Lipinski definition) is 1. The van der Waals surface area contributed by atoms with Crippen molar-refractivity contribution in [1.29, 1.82) is 0 Å². The maximum Gasteiger partial charge on any atom is 0.246 e. The molecule has 1 aromatic carbocycles. The van der Waals surface area contributed by atoms with Gasteiger partial charge in [0.15, 0.2) is 11.5 Å². The minimum Gasteiger partial charge on any atom is -0.493 e. The zero-order chi connectivity index (χ0) is 25.2. The molecule has 1 saturated heterocycles. The lowest BCUT2D eigenvalue weighted by molar-refractivity contribution is -0.197. The molecule has 5 atom stereocenters. The molecule has 2 bridgehead atoms. The van der Waals surface area contributed by atoms with Gasteiger partial charge in [0.2, 0.25) is 5.91 Å². The molecule has 1 aromatic heterocycles. The van der Waals surface area contributed by atoms with Gasteiger partial charge >= 0.3 is 0 Å². The minimum atomic E-state index is -0.912. The second kappa shape index (κ2) is 8.38. The fourth-order valence-corrected chi connectivity index (χ4v) is 7.61. The van der Waals surface area contributed by atoms with Crippen LogP contribution in [-0.4, -0.2) is 71.8 Å². The van der Waals surface area contributed by atoms with E-state index in [1.807, 2.05) is 17.0 Å². The normalized spacial score (nSPS) is 32.4. The first-order chi connectivity index (χ1) is 17.3. The van der Waals surface area contributed by atoms with E-state index in [9.17, 15) is 9.90 Å². The van der Waals surface area contributed by atoms with E-state index in [0.29, 0.717) is 31.1 Å². The van der Waals surface area contributed by atoms with Gasteiger partial charge in [-0.15, -0.1) is 0 Å². The van der Waals surface area contributed by atoms with Crippen molar-refractivity contribution in [3.05, 3.63) is 53.5 Å². The van der Waals surface area contributed by atoms with Crippen LogP contribution < -0.4 is 9.47 Å². The number of amides is 1. The molecular formula is C29H36N2O5. The number of rotatable bonds is 6. The third kappa shape index (κ3) is 3.15. The Hall–Kier alpha value is -2.77. The Labute approximate surface area is 212 Å². The lowest BCUT2D eigenvalue weighted by atomic mass is 9.48. The van der Waals surface area contributed by atoms with Crippen molar-refractivity contribution in [2.24, 2.45) is 5.92 Å². The summed E-state index contributed by atoms with van der Waals surface area (Å²) in [6.45, 7) is 5.77. The van der Waals surface area contributed by atoms with E-state index >= 15 is 0 Å². The van der Waals surface area contributed by atoms with E-state index in [2.05, 4.69) is 31.9 Å². The third-order valence-electron chi connectivity index (χ3n) is 9.11. The number of likely N-dealkylation sites (N-methyl/N-ethyl adjacent to an activating group) is 1. The standard InChI is InChI=1S/C29H36N2O5/c1-18(2)16-31(24(32)8-5-19-10-14-35-17-19)21-9-11-29(33)23-15-20-6-7-22(34-4)26-25(20)28(29,27(21)36-26)12-13-30(23)3/h5-8,10,14,17-18,21,23,27,33H,9,11-13,15-16H2,1-4H3/b8-5+/t21?,23-,27?,28+,29-/m1/s1. The Morgan fingerprint density at radius 1 is 1.33 bits per heavy atom. The number of hydrogen-bond acceptors (Lipinski definition) is 6. The van der Waals surface area contributed by atoms with Crippen LogP contribution in [0.1, 0.15) is 49.8 Å². The topological polar surface area (TPSA) is 75.4 Å². The van der Waals surface area contributed by atoms with Gasteiger partial charge in [-0.2, -0.15) is 0 Å². The average molecular weight is 493 g/mol. The van der Waals surface area contributed by atoms with E-state index in [0.717, 1.165) is 36.3 Å². The molecular weight excluding hydrogens is 456 g/mol. The summed E-state index contributed by atoms with van der Waals surface area (Å²) in [6.07, 6.45) is 9.25. The molecule has 2 unspecified atom stereocenters. The number of carbonyl (C=O) groups excluding carboxylic acids is 1. The molecule has 2 aromatic rings. The summed E-state index contributed by atoms with van der Waals surface area (Å²) in [5.41, 5.74) is 1.74. The quantitative estimate of drug-likeness (QED) is 0.621. The van der Waals surface area contributed by atoms with Gasteiger partial charge in [0, 0.05) is 29.8 Å². The zero-order valence-corrected chi connectivity index (χ0v) is 21.6. The predicted octanol–water partition coefficient (Wildman–Crippen LogP) is 3.64. The van der Waals surface area contributed by atoms with Gasteiger partial charge in [-0.3, -0.25) is 4.79 Å². The molecule has 1 spiro atoms. The van der Waals surface area contributed by atoms with E-state index < -0.39 is 11.0 Å². The van der Waals surface area contributed by atoms with Crippen LogP contribution in [0.15, 0.2) is 41.2 Å². The van der Waals surface area contributed by atoms with Crippen molar-refractivity contribution in [3.8, 4) is 11.5 Å². The van der Waals surface area contributed by atoms with Crippen LogP contribution >= 0.6 is 0 Å². The number of benzene rings is 1. The molecule has 7 nitrogen and oxygen atoms in total. The second-order valence-electron chi connectivity index (χ2n) is 11.4. The minimum absolute atomic E-state index is 0.0281. The Morgan fingerprint density at radius 3 is 2.89 bits per heavy atom. The van der Waals surface area contributed by atoms with Gasteiger partial charge in [0.05, 0.1) is 36.7 Å². The van der Waals surface area contributed by atoms with Crippen molar-refractivity contribution in [1.82, 2.24) is 9.80 Å². The molecule has 192 valence electrons. The number of nitrogens with zero attached hydrogens (tertiary/aromatic N) is 2. The van der Waals surface area contributed by atoms with Crippen LogP contribution in [0, 0.1) is 5.92 Å². The van der Waals surface area contributed by atoms with Crippen LogP contribution in [-0.2, 0) is 16.6 Å². The third-order valence-corrected chi connectivity index (χ3v) is 9.11. The predicted molar refractivity (Wildman–Crippen MR) is 136 cm³/mol. The number of aliphatic hydroxyl groups is 1. The summed E-state index contributed by atoms with van der Waals surface area (Å²) in [7, 11) is 3.79. The Balaban J connectivity index is 1.45.